The van der Waals surface area contributed by atoms with Crippen LogP contribution in [0.15, 0.2) is 36.4 Å². The molecule has 1 heterocycles. The number of rotatable bonds is 6. The Morgan fingerprint density at radius 2 is 1.86 bits per heavy atom. The van der Waals surface area contributed by atoms with Crippen LogP contribution in [-0.2, 0) is 6.42 Å². The van der Waals surface area contributed by atoms with Crippen LogP contribution in [0, 0.1) is 13.8 Å². The molecule has 0 radical (unpaired) electrons. The van der Waals surface area contributed by atoms with Gasteiger partial charge in [-0.05, 0) is 68.6 Å². The summed E-state index contributed by atoms with van der Waals surface area (Å²) in [5, 5.41) is 4.43. The minimum Gasteiger partial charge on any atom is -0.310 e. The Labute approximate surface area is 132 Å². The van der Waals surface area contributed by atoms with Gasteiger partial charge in [-0.2, -0.15) is 0 Å². The Morgan fingerprint density at radius 1 is 1.14 bits per heavy atom. The Bertz CT molecular complexity index is 575. The number of benzene rings is 1. The van der Waals surface area contributed by atoms with E-state index in [2.05, 4.69) is 35.4 Å². The van der Waals surface area contributed by atoms with Gasteiger partial charge in [0.1, 0.15) is 0 Å². The third kappa shape index (κ3) is 4.83. The van der Waals surface area contributed by atoms with Gasteiger partial charge in [-0.15, -0.1) is 0 Å². The maximum atomic E-state index is 6.10. The molecule has 0 saturated carbocycles. The standard InChI is InChI=1S/C18H23ClN2/c1-4-8-20-18(12-15-6-5-7-17(19)11-15)16-9-13(2)21-14(3)10-16/h5-7,9-11,18,20H,4,8,12H2,1-3H3. The van der Waals surface area contributed by atoms with Gasteiger partial charge in [0.05, 0.1) is 0 Å². The summed E-state index contributed by atoms with van der Waals surface area (Å²) < 4.78 is 0. The predicted molar refractivity (Wildman–Crippen MR) is 89.9 cm³/mol. The number of hydrogen-bond acceptors (Lipinski definition) is 2. The molecule has 2 aromatic rings. The largest absolute Gasteiger partial charge is 0.310 e. The summed E-state index contributed by atoms with van der Waals surface area (Å²) in [6.45, 7) is 7.29. The van der Waals surface area contributed by atoms with E-state index in [1.807, 2.05) is 32.0 Å². The number of pyridine rings is 1. The highest BCUT2D eigenvalue weighted by Gasteiger charge is 2.13. The van der Waals surface area contributed by atoms with Gasteiger partial charge in [-0.1, -0.05) is 30.7 Å². The second kappa shape index (κ2) is 7.58. The van der Waals surface area contributed by atoms with Gasteiger partial charge in [-0.25, -0.2) is 0 Å². The summed E-state index contributed by atoms with van der Waals surface area (Å²) in [4.78, 5) is 4.47. The van der Waals surface area contributed by atoms with Gasteiger partial charge in [-0.3, -0.25) is 4.98 Å². The van der Waals surface area contributed by atoms with E-state index in [0.717, 1.165) is 35.8 Å². The van der Waals surface area contributed by atoms with Gasteiger partial charge in [0.2, 0.25) is 0 Å². The smallest absolute Gasteiger partial charge is 0.0408 e. The first kappa shape index (κ1) is 16.0. The molecule has 0 aliphatic carbocycles. The lowest BCUT2D eigenvalue weighted by molar-refractivity contribution is 0.528. The fourth-order valence-electron chi connectivity index (χ4n) is 2.59. The molecule has 0 spiro atoms. The molecule has 0 fully saturated rings. The Kier molecular flexibility index (Phi) is 5.77. The highest BCUT2D eigenvalue weighted by atomic mass is 35.5. The van der Waals surface area contributed by atoms with E-state index >= 15 is 0 Å². The molecule has 2 nitrogen and oxygen atoms in total. The molecule has 1 unspecified atom stereocenters. The van der Waals surface area contributed by atoms with Gasteiger partial charge in [0.25, 0.3) is 0 Å². The first-order chi connectivity index (χ1) is 10.1. The minimum absolute atomic E-state index is 0.295. The topological polar surface area (TPSA) is 24.9 Å². The van der Waals surface area contributed by atoms with E-state index in [9.17, 15) is 0 Å². The summed E-state index contributed by atoms with van der Waals surface area (Å²) in [6.07, 6.45) is 2.05. The van der Waals surface area contributed by atoms with Crippen LogP contribution in [0.25, 0.3) is 0 Å². The number of aryl methyl sites for hydroxylation is 2. The summed E-state index contributed by atoms with van der Waals surface area (Å²) in [7, 11) is 0. The van der Waals surface area contributed by atoms with Crippen molar-refractivity contribution in [1.82, 2.24) is 10.3 Å². The molecule has 2 rings (SSSR count). The van der Waals surface area contributed by atoms with Crippen molar-refractivity contribution in [2.45, 2.75) is 39.7 Å². The lowest BCUT2D eigenvalue weighted by atomic mass is 9.98. The van der Waals surface area contributed by atoms with Crippen LogP contribution >= 0.6 is 11.6 Å². The molecule has 3 heteroatoms. The van der Waals surface area contributed by atoms with Crippen LogP contribution in [0.5, 0.6) is 0 Å². The molecule has 1 N–H and O–H groups in total. The lowest BCUT2D eigenvalue weighted by Crippen LogP contribution is -2.24. The van der Waals surface area contributed by atoms with Crippen molar-refractivity contribution in [2.75, 3.05) is 6.54 Å². The highest BCUT2D eigenvalue weighted by molar-refractivity contribution is 6.30. The molecular weight excluding hydrogens is 280 g/mol. The molecule has 1 atom stereocenters. The summed E-state index contributed by atoms with van der Waals surface area (Å²) >= 11 is 6.10. The lowest BCUT2D eigenvalue weighted by Gasteiger charge is -2.20. The number of halogens is 1. The number of nitrogens with zero attached hydrogens (tertiary/aromatic N) is 1. The minimum atomic E-state index is 0.295. The van der Waals surface area contributed by atoms with Crippen molar-refractivity contribution >= 4 is 11.6 Å². The van der Waals surface area contributed by atoms with Crippen molar-refractivity contribution in [1.29, 1.82) is 0 Å². The summed E-state index contributed by atoms with van der Waals surface area (Å²) in [5.41, 5.74) is 4.69. The molecule has 1 aromatic heterocycles. The molecule has 0 saturated heterocycles. The zero-order valence-electron chi connectivity index (χ0n) is 13.0. The maximum Gasteiger partial charge on any atom is 0.0408 e. The zero-order chi connectivity index (χ0) is 15.2. The average Bonchev–Trinajstić information content (AvgIpc) is 2.42. The van der Waals surface area contributed by atoms with Crippen molar-refractivity contribution in [2.24, 2.45) is 0 Å². The van der Waals surface area contributed by atoms with Gasteiger partial charge < -0.3 is 5.32 Å². The van der Waals surface area contributed by atoms with E-state index in [4.69, 9.17) is 11.6 Å². The van der Waals surface area contributed by atoms with Crippen LogP contribution in [-0.4, -0.2) is 11.5 Å². The van der Waals surface area contributed by atoms with Gasteiger partial charge >= 0.3 is 0 Å². The van der Waals surface area contributed by atoms with E-state index < -0.39 is 0 Å². The second-order valence-corrected chi connectivity index (χ2v) is 5.96. The maximum absolute atomic E-state index is 6.10. The molecule has 112 valence electrons. The zero-order valence-corrected chi connectivity index (χ0v) is 13.7. The molecule has 0 bridgehead atoms. The molecular formula is C18H23ClN2. The van der Waals surface area contributed by atoms with E-state index in [0.29, 0.717) is 6.04 Å². The van der Waals surface area contributed by atoms with Crippen LogP contribution in [0.1, 0.15) is 41.9 Å². The summed E-state index contributed by atoms with van der Waals surface area (Å²) in [5.74, 6) is 0. The highest BCUT2D eigenvalue weighted by Crippen LogP contribution is 2.21. The predicted octanol–water partition coefficient (Wildman–Crippen LogP) is 4.64. The van der Waals surface area contributed by atoms with E-state index in [-0.39, 0.29) is 0 Å². The van der Waals surface area contributed by atoms with Crippen molar-refractivity contribution in [3.63, 3.8) is 0 Å². The quantitative estimate of drug-likeness (QED) is 0.841. The molecule has 0 aliphatic heterocycles. The van der Waals surface area contributed by atoms with Crippen molar-refractivity contribution in [3.8, 4) is 0 Å². The number of aromatic nitrogens is 1. The first-order valence-electron chi connectivity index (χ1n) is 7.51. The number of hydrogen-bond donors (Lipinski definition) is 1. The fourth-order valence-corrected chi connectivity index (χ4v) is 2.81. The first-order valence-corrected chi connectivity index (χ1v) is 7.89. The Morgan fingerprint density at radius 3 is 2.48 bits per heavy atom. The van der Waals surface area contributed by atoms with Crippen LogP contribution in [0.4, 0.5) is 0 Å². The van der Waals surface area contributed by atoms with E-state index in [1.54, 1.807) is 0 Å². The Balaban J connectivity index is 2.25. The normalized spacial score (nSPS) is 12.4. The van der Waals surface area contributed by atoms with Gasteiger partial charge in [0, 0.05) is 22.5 Å². The van der Waals surface area contributed by atoms with Gasteiger partial charge in [0.15, 0.2) is 0 Å². The molecule has 0 aliphatic rings. The average molecular weight is 303 g/mol. The van der Waals surface area contributed by atoms with Crippen LogP contribution in [0.2, 0.25) is 5.02 Å². The van der Waals surface area contributed by atoms with Crippen molar-refractivity contribution < 1.29 is 0 Å². The molecule has 21 heavy (non-hydrogen) atoms. The molecule has 0 amide bonds. The Hall–Kier alpha value is -1.38. The third-order valence-corrected chi connectivity index (χ3v) is 3.71. The summed E-state index contributed by atoms with van der Waals surface area (Å²) in [6, 6.07) is 12.7. The monoisotopic (exact) mass is 302 g/mol. The van der Waals surface area contributed by atoms with Crippen molar-refractivity contribution in [3.05, 3.63) is 63.9 Å². The van der Waals surface area contributed by atoms with E-state index in [1.165, 1.54) is 11.1 Å². The van der Waals surface area contributed by atoms with Crippen LogP contribution in [0.3, 0.4) is 0 Å². The second-order valence-electron chi connectivity index (χ2n) is 5.52. The third-order valence-electron chi connectivity index (χ3n) is 3.48. The number of nitrogens with one attached hydrogen (secondary N) is 1. The molecule has 1 aromatic carbocycles. The SMILES string of the molecule is CCCNC(Cc1cccc(Cl)c1)c1cc(C)nc(C)c1. The fraction of sp³-hybridized carbons (Fsp3) is 0.389. The van der Waals surface area contributed by atoms with Crippen LogP contribution < -0.4 is 5.32 Å².